The van der Waals surface area contributed by atoms with Crippen molar-refractivity contribution in [2.45, 2.75) is 32.4 Å². The second kappa shape index (κ2) is 10.6. The van der Waals surface area contributed by atoms with Gasteiger partial charge in [-0.25, -0.2) is 8.78 Å². The Morgan fingerprint density at radius 3 is 2.62 bits per heavy atom. The number of amides is 2. The van der Waals surface area contributed by atoms with Crippen LogP contribution in [0.3, 0.4) is 0 Å². The normalized spacial score (nSPS) is 15.2. The van der Waals surface area contributed by atoms with Crippen molar-refractivity contribution in [1.29, 1.82) is 0 Å². The van der Waals surface area contributed by atoms with Crippen molar-refractivity contribution in [3.05, 3.63) is 101 Å². The van der Waals surface area contributed by atoms with Crippen LogP contribution in [0.2, 0.25) is 0 Å². The van der Waals surface area contributed by atoms with Crippen LogP contribution in [0.25, 0.3) is 0 Å². The lowest BCUT2D eigenvalue weighted by molar-refractivity contribution is 0.0507. The third kappa shape index (κ3) is 5.66. The largest absolute Gasteiger partial charge is 0.376 e. The number of aryl methyl sites for hydroxylation is 1. The Balaban J connectivity index is 1.58. The van der Waals surface area contributed by atoms with E-state index in [0.717, 1.165) is 18.4 Å². The zero-order valence-corrected chi connectivity index (χ0v) is 18.9. The van der Waals surface area contributed by atoms with Crippen LogP contribution < -0.4 is 5.32 Å². The van der Waals surface area contributed by atoms with Gasteiger partial charge < -0.3 is 15.0 Å². The Bertz CT molecular complexity index is 1190. The maximum Gasteiger partial charge on any atom is 0.258 e. The van der Waals surface area contributed by atoms with Gasteiger partial charge in [-0.15, -0.1) is 0 Å². The molecular formula is C27H26F2N2O3. The van der Waals surface area contributed by atoms with Crippen LogP contribution in [-0.4, -0.2) is 36.0 Å². The molecule has 0 bridgehead atoms. The zero-order chi connectivity index (χ0) is 24.1. The minimum absolute atomic E-state index is 0.0789. The number of rotatable bonds is 7. The molecule has 0 saturated carbocycles. The van der Waals surface area contributed by atoms with Gasteiger partial charge in [0.25, 0.3) is 11.8 Å². The monoisotopic (exact) mass is 464 g/mol. The van der Waals surface area contributed by atoms with E-state index in [9.17, 15) is 18.4 Å². The van der Waals surface area contributed by atoms with Crippen LogP contribution in [0.4, 0.5) is 14.5 Å². The molecule has 176 valence electrons. The van der Waals surface area contributed by atoms with Gasteiger partial charge in [0.05, 0.1) is 11.7 Å². The Morgan fingerprint density at radius 2 is 1.88 bits per heavy atom. The summed E-state index contributed by atoms with van der Waals surface area (Å²) in [7, 11) is 0. The van der Waals surface area contributed by atoms with E-state index in [-0.39, 0.29) is 29.9 Å². The SMILES string of the molecule is Cc1ccc(C(=O)N(Cc2cccc(F)c2)CC2CCCO2)cc1NC(=O)c1ccccc1F. The highest BCUT2D eigenvalue weighted by molar-refractivity contribution is 6.05. The quantitative estimate of drug-likeness (QED) is 0.513. The molecule has 2 amide bonds. The summed E-state index contributed by atoms with van der Waals surface area (Å²) in [5.41, 5.74) is 2.11. The standard InChI is InChI=1S/C27H26F2N2O3/c1-18-11-12-20(15-25(18)30-26(32)23-9-2-3-10-24(23)29)27(33)31(17-22-8-5-13-34-22)16-19-6-4-7-21(28)14-19/h2-4,6-7,9-12,14-15,22H,5,8,13,16-17H2,1H3,(H,30,32). The summed E-state index contributed by atoms with van der Waals surface area (Å²) in [5.74, 6) is -1.85. The van der Waals surface area contributed by atoms with Crippen LogP contribution in [0.1, 0.15) is 44.7 Å². The molecule has 7 heteroatoms. The summed E-state index contributed by atoms with van der Waals surface area (Å²) in [4.78, 5) is 27.7. The molecule has 34 heavy (non-hydrogen) atoms. The average Bonchev–Trinajstić information content (AvgIpc) is 3.33. The lowest BCUT2D eigenvalue weighted by Gasteiger charge is -2.26. The smallest absolute Gasteiger partial charge is 0.258 e. The molecule has 0 aliphatic carbocycles. The molecular weight excluding hydrogens is 438 g/mol. The van der Waals surface area contributed by atoms with Crippen LogP contribution >= 0.6 is 0 Å². The Morgan fingerprint density at radius 1 is 1.06 bits per heavy atom. The van der Waals surface area contributed by atoms with Crippen molar-refractivity contribution in [1.82, 2.24) is 4.90 Å². The van der Waals surface area contributed by atoms with E-state index >= 15 is 0 Å². The molecule has 1 unspecified atom stereocenters. The van der Waals surface area contributed by atoms with Gasteiger partial charge in [-0.2, -0.15) is 0 Å². The van der Waals surface area contributed by atoms with Gasteiger partial charge in [0, 0.05) is 30.9 Å². The molecule has 1 saturated heterocycles. The third-order valence-electron chi connectivity index (χ3n) is 5.85. The summed E-state index contributed by atoms with van der Waals surface area (Å²) in [6.07, 6.45) is 1.71. The van der Waals surface area contributed by atoms with E-state index in [1.54, 1.807) is 48.2 Å². The molecule has 1 N–H and O–H groups in total. The number of anilines is 1. The van der Waals surface area contributed by atoms with Crippen LogP contribution in [0, 0.1) is 18.6 Å². The highest BCUT2D eigenvalue weighted by atomic mass is 19.1. The average molecular weight is 465 g/mol. The minimum Gasteiger partial charge on any atom is -0.376 e. The number of benzene rings is 3. The fourth-order valence-electron chi connectivity index (χ4n) is 4.02. The molecule has 1 atom stereocenters. The molecule has 1 fully saturated rings. The number of hydrogen-bond acceptors (Lipinski definition) is 3. The highest BCUT2D eigenvalue weighted by Crippen LogP contribution is 2.22. The molecule has 0 spiro atoms. The number of nitrogens with zero attached hydrogens (tertiary/aromatic N) is 1. The van der Waals surface area contributed by atoms with Crippen LogP contribution in [0.5, 0.6) is 0 Å². The summed E-state index contributed by atoms with van der Waals surface area (Å²) in [6, 6.07) is 16.9. The van der Waals surface area contributed by atoms with Gasteiger partial charge in [0.15, 0.2) is 0 Å². The van der Waals surface area contributed by atoms with Crippen molar-refractivity contribution >= 4 is 17.5 Å². The Kier molecular flexibility index (Phi) is 7.33. The summed E-state index contributed by atoms with van der Waals surface area (Å²) < 4.78 is 33.5. The van der Waals surface area contributed by atoms with Crippen molar-refractivity contribution in [3.8, 4) is 0 Å². The Labute approximate surface area is 197 Å². The first-order chi connectivity index (χ1) is 16.4. The number of halogens is 2. The first-order valence-electron chi connectivity index (χ1n) is 11.2. The second-order valence-electron chi connectivity index (χ2n) is 8.41. The molecule has 3 aromatic rings. The lowest BCUT2D eigenvalue weighted by atomic mass is 10.1. The van der Waals surface area contributed by atoms with E-state index in [2.05, 4.69) is 5.32 Å². The van der Waals surface area contributed by atoms with Gasteiger partial charge in [0.1, 0.15) is 11.6 Å². The topological polar surface area (TPSA) is 58.6 Å². The Hall–Kier alpha value is -3.58. The molecule has 1 heterocycles. The molecule has 4 rings (SSSR count). The minimum atomic E-state index is -0.622. The number of nitrogens with one attached hydrogen (secondary N) is 1. The number of ether oxygens (including phenoxy) is 1. The van der Waals surface area contributed by atoms with Gasteiger partial charge in [-0.05, 0) is 67.3 Å². The molecule has 5 nitrogen and oxygen atoms in total. The summed E-state index contributed by atoms with van der Waals surface area (Å²) >= 11 is 0. The van der Waals surface area contributed by atoms with Crippen molar-refractivity contribution < 1.29 is 23.1 Å². The molecule has 3 aromatic carbocycles. The highest BCUT2D eigenvalue weighted by Gasteiger charge is 2.24. The molecule has 1 aliphatic rings. The van der Waals surface area contributed by atoms with Crippen molar-refractivity contribution in [3.63, 3.8) is 0 Å². The second-order valence-corrected chi connectivity index (χ2v) is 8.41. The molecule has 0 radical (unpaired) electrons. The van der Waals surface area contributed by atoms with E-state index in [1.807, 2.05) is 0 Å². The van der Waals surface area contributed by atoms with E-state index < -0.39 is 11.7 Å². The van der Waals surface area contributed by atoms with Gasteiger partial charge in [0.2, 0.25) is 0 Å². The predicted molar refractivity (Wildman–Crippen MR) is 126 cm³/mol. The first-order valence-corrected chi connectivity index (χ1v) is 11.2. The third-order valence-corrected chi connectivity index (χ3v) is 5.85. The molecule has 0 aromatic heterocycles. The van der Waals surface area contributed by atoms with Crippen molar-refractivity contribution in [2.24, 2.45) is 0 Å². The van der Waals surface area contributed by atoms with E-state index in [1.165, 1.54) is 30.3 Å². The fourth-order valence-corrected chi connectivity index (χ4v) is 4.02. The van der Waals surface area contributed by atoms with Gasteiger partial charge in [-0.3, -0.25) is 9.59 Å². The lowest BCUT2D eigenvalue weighted by Crippen LogP contribution is -2.37. The van der Waals surface area contributed by atoms with E-state index in [4.69, 9.17) is 4.74 Å². The zero-order valence-electron chi connectivity index (χ0n) is 18.9. The molecule has 1 aliphatic heterocycles. The van der Waals surface area contributed by atoms with Crippen LogP contribution in [-0.2, 0) is 11.3 Å². The van der Waals surface area contributed by atoms with Crippen molar-refractivity contribution in [2.75, 3.05) is 18.5 Å². The van der Waals surface area contributed by atoms with Gasteiger partial charge in [-0.1, -0.05) is 30.3 Å². The number of carbonyl (C=O) groups is 2. The first kappa shape index (κ1) is 23.6. The van der Waals surface area contributed by atoms with E-state index in [0.29, 0.717) is 30.0 Å². The predicted octanol–water partition coefficient (Wildman–Crippen LogP) is 5.35. The summed E-state index contributed by atoms with van der Waals surface area (Å²) in [5, 5.41) is 2.71. The number of hydrogen-bond donors (Lipinski definition) is 1. The summed E-state index contributed by atoms with van der Waals surface area (Å²) in [6.45, 7) is 3.05. The fraction of sp³-hybridized carbons (Fsp3) is 0.259. The maximum absolute atomic E-state index is 14.0. The maximum atomic E-state index is 14.0. The number of carbonyl (C=O) groups excluding carboxylic acids is 2. The van der Waals surface area contributed by atoms with Gasteiger partial charge >= 0.3 is 0 Å². The van der Waals surface area contributed by atoms with Crippen LogP contribution in [0.15, 0.2) is 66.7 Å².